The Morgan fingerprint density at radius 1 is 1.17 bits per heavy atom. The van der Waals surface area contributed by atoms with Crippen molar-refractivity contribution in [3.8, 4) is 5.69 Å². The van der Waals surface area contributed by atoms with Crippen LogP contribution >= 0.6 is 11.3 Å². The Hall–Kier alpha value is -2.73. The van der Waals surface area contributed by atoms with Gasteiger partial charge in [-0.05, 0) is 38.1 Å². The van der Waals surface area contributed by atoms with Crippen molar-refractivity contribution in [3.05, 3.63) is 70.0 Å². The van der Waals surface area contributed by atoms with E-state index in [1.165, 1.54) is 16.9 Å². The minimum atomic E-state index is -0.433. The third-order valence-electron chi connectivity index (χ3n) is 3.27. The molecule has 0 fully saturated rings. The average Bonchev–Trinajstić information content (AvgIpc) is 3.02. The van der Waals surface area contributed by atoms with Gasteiger partial charge in [-0.25, -0.2) is 14.5 Å². The van der Waals surface area contributed by atoms with Crippen molar-refractivity contribution < 1.29 is 9.53 Å². The summed E-state index contributed by atoms with van der Waals surface area (Å²) < 4.78 is 6.72. The van der Waals surface area contributed by atoms with Crippen molar-refractivity contribution in [2.75, 3.05) is 6.61 Å². The fraction of sp³-hybridized carbons (Fsp3) is 0.167. The lowest BCUT2D eigenvalue weighted by atomic mass is 10.2. The number of para-hydroxylation sites is 1. The van der Waals surface area contributed by atoms with E-state index in [2.05, 4.69) is 10.1 Å². The third kappa shape index (κ3) is 3.60. The minimum absolute atomic E-state index is 0.284. The van der Waals surface area contributed by atoms with Gasteiger partial charge in [0.1, 0.15) is 0 Å². The second-order valence-electron chi connectivity index (χ2n) is 5.10. The molecule has 0 aliphatic carbocycles. The zero-order chi connectivity index (χ0) is 16.9. The van der Waals surface area contributed by atoms with Gasteiger partial charge in [0.05, 0.1) is 18.0 Å². The van der Waals surface area contributed by atoms with Crippen LogP contribution in [0.1, 0.15) is 22.3 Å². The van der Waals surface area contributed by atoms with Crippen molar-refractivity contribution in [1.82, 2.24) is 9.78 Å². The SMILES string of the molecule is CCOC(=O)c1nn(-c2ccccc2)c(=Nc2ccc(C)cc2)s1. The first kappa shape index (κ1) is 16.1. The average molecular weight is 339 g/mol. The van der Waals surface area contributed by atoms with Crippen LogP contribution in [0.5, 0.6) is 0 Å². The van der Waals surface area contributed by atoms with Crippen LogP contribution in [0.2, 0.25) is 0 Å². The maximum atomic E-state index is 12.0. The van der Waals surface area contributed by atoms with Gasteiger partial charge in [0.2, 0.25) is 9.81 Å². The highest BCUT2D eigenvalue weighted by molar-refractivity contribution is 7.10. The van der Waals surface area contributed by atoms with E-state index < -0.39 is 5.97 Å². The van der Waals surface area contributed by atoms with Crippen molar-refractivity contribution in [2.45, 2.75) is 13.8 Å². The van der Waals surface area contributed by atoms with Gasteiger partial charge in [0, 0.05) is 0 Å². The van der Waals surface area contributed by atoms with E-state index in [0.717, 1.165) is 11.4 Å². The van der Waals surface area contributed by atoms with Gasteiger partial charge < -0.3 is 4.74 Å². The Kier molecular flexibility index (Phi) is 4.86. The highest BCUT2D eigenvalue weighted by Gasteiger charge is 2.15. The predicted molar refractivity (Wildman–Crippen MR) is 93.8 cm³/mol. The number of aryl methyl sites for hydroxylation is 1. The van der Waals surface area contributed by atoms with E-state index in [1.807, 2.05) is 61.5 Å². The largest absolute Gasteiger partial charge is 0.461 e. The number of hydrogen-bond donors (Lipinski definition) is 0. The summed E-state index contributed by atoms with van der Waals surface area (Å²) >= 11 is 1.21. The first-order valence-electron chi connectivity index (χ1n) is 7.61. The summed E-state index contributed by atoms with van der Waals surface area (Å²) in [5.74, 6) is -0.433. The number of carbonyl (C=O) groups excluding carboxylic acids is 1. The molecule has 1 heterocycles. The highest BCUT2D eigenvalue weighted by atomic mass is 32.1. The maximum absolute atomic E-state index is 12.0. The van der Waals surface area contributed by atoms with Crippen molar-refractivity contribution in [2.24, 2.45) is 4.99 Å². The molecule has 24 heavy (non-hydrogen) atoms. The number of carbonyl (C=O) groups is 1. The standard InChI is InChI=1S/C18H17N3O2S/c1-3-23-17(22)16-20-21(15-7-5-4-6-8-15)18(24-16)19-14-11-9-13(2)10-12-14/h4-12H,3H2,1-2H3. The van der Waals surface area contributed by atoms with Crippen LogP contribution in [0.25, 0.3) is 5.69 Å². The summed E-state index contributed by atoms with van der Waals surface area (Å²) in [4.78, 5) is 17.3. The molecule has 3 aromatic rings. The van der Waals surface area contributed by atoms with Crippen molar-refractivity contribution >= 4 is 23.0 Å². The molecule has 0 aliphatic rings. The highest BCUT2D eigenvalue weighted by Crippen LogP contribution is 2.14. The molecule has 0 amide bonds. The molecular formula is C18H17N3O2S. The zero-order valence-corrected chi connectivity index (χ0v) is 14.3. The summed E-state index contributed by atoms with van der Waals surface area (Å²) in [7, 11) is 0. The Morgan fingerprint density at radius 2 is 1.88 bits per heavy atom. The molecule has 5 nitrogen and oxygen atoms in total. The molecule has 6 heteroatoms. The van der Waals surface area contributed by atoms with E-state index in [-0.39, 0.29) is 5.01 Å². The Morgan fingerprint density at radius 3 is 2.54 bits per heavy atom. The number of benzene rings is 2. The first-order valence-corrected chi connectivity index (χ1v) is 8.43. The quantitative estimate of drug-likeness (QED) is 0.682. The van der Waals surface area contributed by atoms with Crippen LogP contribution in [0.4, 0.5) is 5.69 Å². The van der Waals surface area contributed by atoms with Gasteiger partial charge in [-0.1, -0.05) is 47.2 Å². The van der Waals surface area contributed by atoms with E-state index in [9.17, 15) is 4.79 Å². The molecule has 1 aromatic heterocycles. The minimum Gasteiger partial charge on any atom is -0.461 e. The van der Waals surface area contributed by atoms with E-state index in [1.54, 1.807) is 11.6 Å². The van der Waals surface area contributed by atoms with Gasteiger partial charge in [-0.3, -0.25) is 0 Å². The Bertz CT molecular complexity index is 896. The molecule has 0 saturated heterocycles. The van der Waals surface area contributed by atoms with Crippen LogP contribution in [0, 0.1) is 6.92 Å². The van der Waals surface area contributed by atoms with E-state index >= 15 is 0 Å². The van der Waals surface area contributed by atoms with Gasteiger partial charge in [0.25, 0.3) is 0 Å². The molecule has 2 aromatic carbocycles. The lowest BCUT2D eigenvalue weighted by Crippen LogP contribution is -2.14. The second kappa shape index (κ2) is 7.23. The van der Waals surface area contributed by atoms with Gasteiger partial charge in [-0.15, -0.1) is 5.10 Å². The number of esters is 1. The molecule has 0 bridgehead atoms. The number of ether oxygens (including phenoxy) is 1. The summed E-state index contributed by atoms with van der Waals surface area (Å²) in [5.41, 5.74) is 2.82. The Labute approximate surface area is 143 Å². The second-order valence-corrected chi connectivity index (χ2v) is 6.06. The van der Waals surface area contributed by atoms with Gasteiger partial charge in [0.15, 0.2) is 0 Å². The predicted octanol–water partition coefficient (Wildman–Crippen LogP) is 3.65. The number of rotatable bonds is 4. The smallest absolute Gasteiger partial charge is 0.369 e. The number of nitrogens with zero attached hydrogens (tertiary/aromatic N) is 3. The van der Waals surface area contributed by atoms with E-state index in [4.69, 9.17) is 4.74 Å². The normalized spacial score (nSPS) is 11.5. The third-order valence-corrected chi connectivity index (χ3v) is 4.16. The molecule has 0 spiro atoms. The summed E-state index contributed by atoms with van der Waals surface area (Å²) in [6.07, 6.45) is 0. The molecule has 0 saturated carbocycles. The van der Waals surface area contributed by atoms with Crippen molar-refractivity contribution in [1.29, 1.82) is 0 Å². The fourth-order valence-electron chi connectivity index (χ4n) is 2.10. The van der Waals surface area contributed by atoms with Crippen LogP contribution in [-0.4, -0.2) is 22.4 Å². The molecule has 3 rings (SSSR count). The summed E-state index contributed by atoms with van der Waals surface area (Å²) in [6.45, 7) is 4.11. The van der Waals surface area contributed by atoms with Crippen LogP contribution < -0.4 is 4.80 Å². The lowest BCUT2D eigenvalue weighted by Gasteiger charge is -2.00. The molecule has 0 radical (unpaired) electrons. The topological polar surface area (TPSA) is 56.5 Å². The number of aromatic nitrogens is 2. The molecular weight excluding hydrogens is 322 g/mol. The van der Waals surface area contributed by atoms with Crippen LogP contribution in [0.3, 0.4) is 0 Å². The summed E-state index contributed by atoms with van der Waals surface area (Å²) in [6, 6.07) is 17.5. The molecule has 0 N–H and O–H groups in total. The monoisotopic (exact) mass is 339 g/mol. The number of hydrogen-bond acceptors (Lipinski definition) is 5. The zero-order valence-electron chi connectivity index (χ0n) is 13.5. The van der Waals surface area contributed by atoms with E-state index in [0.29, 0.717) is 11.4 Å². The molecule has 122 valence electrons. The maximum Gasteiger partial charge on any atom is 0.369 e. The fourth-order valence-corrected chi connectivity index (χ4v) is 2.92. The molecule has 0 aliphatic heterocycles. The summed E-state index contributed by atoms with van der Waals surface area (Å²) in [5, 5.41) is 4.66. The lowest BCUT2D eigenvalue weighted by molar-refractivity contribution is 0.0524. The van der Waals surface area contributed by atoms with Crippen LogP contribution in [-0.2, 0) is 4.74 Å². The van der Waals surface area contributed by atoms with Gasteiger partial charge in [-0.2, -0.15) is 0 Å². The Balaban J connectivity index is 2.12. The molecule has 0 atom stereocenters. The van der Waals surface area contributed by atoms with Crippen LogP contribution in [0.15, 0.2) is 59.6 Å². The first-order chi connectivity index (χ1) is 11.7. The van der Waals surface area contributed by atoms with Crippen molar-refractivity contribution in [3.63, 3.8) is 0 Å². The van der Waals surface area contributed by atoms with Gasteiger partial charge >= 0.3 is 5.97 Å². The molecule has 0 unspecified atom stereocenters.